The number of nitrogens with zero attached hydrogens (tertiary/aromatic N) is 5. The summed E-state index contributed by atoms with van der Waals surface area (Å²) in [7, 11) is 1.50. The molecule has 10 heteroatoms. The first kappa shape index (κ1) is 21.8. The van der Waals surface area contributed by atoms with E-state index in [4.69, 9.17) is 20.1 Å². The molecule has 2 aliphatic rings. The molecule has 0 radical (unpaired) electrons. The van der Waals surface area contributed by atoms with Gasteiger partial charge in [0, 0.05) is 5.56 Å². The number of amidine groups is 1. The van der Waals surface area contributed by atoms with E-state index in [1.807, 2.05) is 12.1 Å². The molecule has 0 saturated heterocycles. The van der Waals surface area contributed by atoms with E-state index in [1.165, 1.54) is 7.11 Å². The molecule has 3 atom stereocenters. The van der Waals surface area contributed by atoms with Gasteiger partial charge in [-0.15, -0.1) is 0 Å². The molecule has 0 bridgehead atoms. The minimum absolute atomic E-state index is 0.240. The summed E-state index contributed by atoms with van der Waals surface area (Å²) in [6.07, 6.45) is 0. The molecular formula is C21H22N6O4. The Morgan fingerprint density at radius 1 is 1.06 bits per heavy atom. The number of carbonyl (C=O) groups excluding carboxylic acids is 1. The third-order valence-corrected chi connectivity index (χ3v) is 5.27. The summed E-state index contributed by atoms with van der Waals surface area (Å²) >= 11 is 0. The van der Waals surface area contributed by atoms with Crippen molar-refractivity contribution in [1.29, 1.82) is 10.5 Å². The van der Waals surface area contributed by atoms with Gasteiger partial charge in [-0.05, 0) is 52.0 Å². The Kier molecular flexibility index (Phi) is 5.20. The lowest BCUT2D eigenvalue weighted by molar-refractivity contribution is -0.262. The monoisotopic (exact) mass is 422 g/mol. The molecular weight excluding hydrogens is 400 g/mol. The summed E-state index contributed by atoms with van der Waals surface area (Å²) in [5.74, 6) is -3.55. The van der Waals surface area contributed by atoms with Crippen LogP contribution in [0.25, 0.3) is 0 Å². The van der Waals surface area contributed by atoms with Gasteiger partial charge in [0.1, 0.15) is 11.6 Å². The second kappa shape index (κ2) is 7.40. The number of benzene rings is 1. The highest BCUT2D eigenvalue weighted by Gasteiger charge is 2.97. The molecule has 0 spiro atoms. The Morgan fingerprint density at radius 2 is 1.61 bits per heavy atom. The molecule has 1 heterocycles. The number of hydrogen-bond acceptors (Lipinski definition) is 10. The number of ether oxygens (including phenoxy) is 1. The molecule has 160 valence electrons. The Morgan fingerprint density at radius 3 is 2.03 bits per heavy atom. The molecule has 0 amide bonds. The smallest absolute Gasteiger partial charge is 0.421 e. The molecule has 0 unspecified atom stereocenters. The highest BCUT2D eigenvalue weighted by molar-refractivity contribution is 6.12. The third kappa shape index (κ3) is 2.83. The molecule has 10 nitrogen and oxygen atoms in total. The molecule has 1 aliphatic heterocycles. The molecule has 1 aromatic rings. The Balaban J connectivity index is 2.17. The van der Waals surface area contributed by atoms with E-state index < -0.39 is 28.4 Å². The highest BCUT2D eigenvalue weighted by Crippen LogP contribution is 2.78. The predicted octanol–water partition coefficient (Wildman–Crippen LogP) is 2.38. The fourth-order valence-electron chi connectivity index (χ4n) is 3.85. The van der Waals surface area contributed by atoms with Crippen molar-refractivity contribution in [3.63, 3.8) is 0 Å². The number of oxime groups is 2. The fourth-order valence-corrected chi connectivity index (χ4v) is 3.85. The highest BCUT2D eigenvalue weighted by atomic mass is 16.8. The van der Waals surface area contributed by atoms with Gasteiger partial charge in [-0.25, -0.2) is 0 Å². The Bertz CT molecular complexity index is 1070. The molecule has 1 saturated carbocycles. The van der Waals surface area contributed by atoms with Gasteiger partial charge in [0.15, 0.2) is 11.2 Å². The molecule has 31 heavy (non-hydrogen) atoms. The summed E-state index contributed by atoms with van der Waals surface area (Å²) in [5.41, 5.74) is 3.76. The number of nitrogens with two attached hydrogens (primary N) is 1. The average molecular weight is 422 g/mol. The van der Waals surface area contributed by atoms with Crippen molar-refractivity contribution in [2.75, 3.05) is 7.11 Å². The van der Waals surface area contributed by atoms with Crippen LogP contribution in [0, 0.1) is 39.4 Å². The standard InChI is InChI=1S/C21H22N6O4/c1-12(2)26-30-21(31-27-13(3)4)20(11-23)17(19(20,10-22)18(24)25-21)16(28)14-6-8-15(29-5)9-7-14/h6-9,17H,1-5H3,(H2,24,25)/t17-,19+,20-/m0/s1. The molecule has 1 aromatic carbocycles. The normalized spacial score (nSPS) is 26.8. The van der Waals surface area contributed by atoms with Crippen molar-refractivity contribution < 1.29 is 19.2 Å². The SMILES string of the molecule is COc1ccc(C(=O)[C@H]2[C@]3(C#N)C(N)=NC(ON=C(C)C)(ON=C(C)C)[C@@]23C#N)cc1. The van der Waals surface area contributed by atoms with Crippen LogP contribution in [0.3, 0.4) is 0 Å². The zero-order valence-corrected chi connectivity index (χ0v) is 17.8. The first-order valence-electron chi connectivity index (χ1n) is 9.41. The third-order valence-electron chi connectivity index (χ3n) is 5.27. The maximum atomic E-state index is 13.4. The maximum absolute atomic E-state index is 13.4. The topological polar surface area (TPSA) is 155 Å². The van der Waals surface area contributed by atoms with E-state index in [-0.39, 0.29) is 11.4 Å². The Hall–Kier alpha value is -3.92. The van der Waals surface area contributed by atoms with Crippen molar-refractivity contribution in [1.82, 2.24) is 0 Å². The van der Waals surface area contributed by atoms with E-state index in [1.54, 1.807) is 52.0 Å². The molecule has 3 rings (SSSR count). The molecule has 0 aromatic heterocycles. The van der Waals surface area contributed by atoms with Crippen LogP contribution in [-0.4, -0.2) is 36.1 Å². The molecule has 1 aliphatic carbocycles. The van der Waals surface area contributed by atoms with E-state index >= 15 is 0 Å². The number of nitriles is 2. The largest absolute Gasteiger partial charge is 0.497 e. The maximum Gasteiger partial charge on any atom is 0.421 e. The molecule has 2 N–H and O–H groups in total. The van der Waals surface area contributed by atoms with Crippen LogP contribution in [0.4, 0.5) is 0 Å². The minimum atomic E-state index is -2.19. The van der Waals surface area contributed by atoms with E-state index in [0.29, 0.717) is 17.2 Å². The summed E-state index contributed by atoms with van der Waals surface area (Å²) in [6, 6.07) is 10.4. The fraction of sp³-hybridized carbons (Fsp3) is 0.429. The van der Waals surface area contributed by atoms with Gasteiger partial charge in [-0.1, -0.05) is 10.3 Å². The lowest BCUT2D eigenvalue weighted by atomic mass is 9.94. The van der Waals surface area contributed by atoms with Crippen molar-refractivity contribution in [3.8, 4) is 17.9 Å². The van der Waals surface area contributed by atoms with Crippen LogP contribution in [-0.2, 0) is 9.68 Å². The number of fused-ring (bicyclic) bond motifs is 1. The van der Waals surface area contributed by atoms with E-state index in [9.17, 15) is 15.3 Å². The van der Waals surface area contributed by atoms with Gasteiger partial charge >= 0.3 is 5.91 Å². The van der Waals surface area contributed by atoms with Crippen molar-refractivity contribution in [2.45, 2.75) is 33.6 Å². The summed E-state index contributed by atoms with van der Waals surface area (Å²) in [6.45, 7) is 6.64. The summed E-state index contributed by atoms with van der Waals surface area (Å²) < 4.78 is 5.12. The van der Waals surface area contributed by atoms with Gasteiger partial charge in [0.05, 0.1) is 36.6 Å². The number of carbonyl (C=O) groups is 1. The van der Waals surface area contributed by atoms with Crippen molar-refractivity contribution in [3.05, 3.63) is 29.8 Å². The zero-order valence-electron chi connectivity index (χ0n) is 17.8. The van der Waals surface area contributed by atoms with E-state index in [2.05, 4.69) is 15.3 Å². The lowest BCUT2D eigenvalue weighted by Gasteiger charge is -2.27. The van der Waals surface area contributed by atoms with E-state index in [0.717, 1.165) is 0 Å². The van der Waals surface area contributed by atoms with Crippen LogP contribution in [0.15, 0.2) is 39.6 Å². The predicted molar refractivity (Wildman–Crippen MR) is 111 cm³/mol. The number of ketones is 1. The molecule has 1 fully saturated rings. The lowest BCUT2D eigenvalue weighted by Crippen LogP contribution is -2.42. The number of methoxy groups -OCH3 is 1. The van der Waals surface area contributed by atoms with Gasteiger partial charge in [0.25, 0.3) is 0 Å². The van der Waals surface area contributed by atoms with Crippen molar-refractivity contribution >= 4 is 23.0 Å². The number of rotatable bonds is 7. The summed E-state index contributed by atoms with van der Waals surface area (Å²) in [4.78, 5) is 28.7. The quantitative estimate of drug-likeness (QED) is 0.306. The second-order valence-electron chi connectivity index (χ2n) is 7.70. The minimum Gasteiger partial charge on any atom is -0.497 e. The number of aliphatic imine (C=N–C) groups is 1. The van der Waals surface area contributed by atoms with Crippen LogP contribution in [0.2, 0.25) is 0 Å². The first-order valence-corrected chi connectivity index (χ1v) is 9.41. The van der Waals surface area contributed by atoms with Crippen LogP contribution in [0.1, 0.15) is 38.1 Å². The second-order valence-corrected chi connectivity index (χ2v) is 7.70. The van der Waals surface area contributed by atoms with Crippen LogP contribution >= 0.6 is 0 Å². The zero-order chi connectivity index (χ0) is 23.0. The van der Waals surface area contributed by atoms with Gasteiger partial charge < -0.3 is 20.1 Å². The van der Waals surface area contributed by atoms with Gasteiger partial charge in [0.2, 0.25) is 5.41 Å². The number of hydrogen-bond donors (Lipinski definition) is 1. The number of Topliss-reactive ketones (excluding diaryl/α,β-unsaturated/α-hetero) is 1. The first-order chi connectivity index (χ1) is 14.7. The van der Waals surface area contributed by atoms with Gasteiger partial charge in [-0.2, -0.15) is 15.5 Å². The van der Waals surface area contributed by atoms with Crippen molar-refractivity contribution in [2.24, 2.45) is 37.8 Å². The summed E-state index contributed by atoms with van der Waals surface area (Å²) in [5, 5.41) is 28.1. The van der Waals surface area contributed by atoms with Crippen LogP contribution in [0.5, 0.6) is 5.75 Å². The van der Waals surface area contributed by atoms with Crippen LogP contribution < -0.4 is 10.5 Å². The van der Waals surface area contributed by atoms with Gasteiger partial charge in [-0.3, -0.25) is 4.79 Å². The average Bonchev–Trinajstić information content (AvgIpc) is 3.33. The Labute approximate surface area is 179 Å².